The molecule has 0 saturated carbocycles. The third-order valence-corrected chi connectivity index (χ3v) is 11.8. The molecule has 0 N–H and O–H groups in total. The van der Waals surface area contributed by atoms with Crippen molar-refractivity contribution in [1.82, 2.24) is 0 Å². The minimum Gasteiger partial charge on any atom is -0.242 e. The van der Waals surface area contributed by atoms with Crippen LogP contribution in [0.4, 0.5) is 0 Å². The Morgan fingerprint density at radius 3 is 1.31 bits per heavy atom. The van der Waals surface area contributed by atoms with E-state index in [1.165, 1.54) is 0 Å². The fourth-order valence-corrected chi connectivity index (χ4v) is 10.2. The summed E-state index contributed by atoms with van der Waals surface area (Å²) in [6.07, 6.45) is 0. The van der Waals surface area contributed by atoms with E-state index in [0.29, 0.717) is 0 Å². The summed E-state index contributed by atoms with van der Waals surface area (Å²) in [6, 6.07) is 27.5. The average Bonchev–Trinajstić information content (AvgIpc) is 2.71. The SMILES string of the molecule is O=S(SSS(=O)c1ccc2ccccc2c1)c1ccc2ccccc2c1. The highest BCUT2D eigenvalue weighted by molar-refractivity contribution is 9.21. The van der Waals surface area contributed by atoms with Crippen LogP contribution >= 0.6 is 19.7 Å². The molecule has 0 radical (unpaired) electrons. The summed E-state index contributed by atoms with van der Waals surface area (Å²) >= 11 is 0. The molecule has 2 unspecified atom stereocenters. The molecule has 0 spiro atoms. The number of hydrogen-bond acceptors (Lipinski definition) is 4. The summed E-state index contributed by atoms with van der Waals surface area (Å²) in [5, 5.41) is 4.34. The molecule has 2 atom stereocenters. The van der Waals surface area contributed by atoms with Gasteiger partial charge in [-0.25, -0.2) is 8.42 Å². The van der Waals surface area contributed by atoms with Crippen molar-refractivity contribution in [3.05, 3.63) is 84.9 Å². The van der Waals surface area contributed by atoms with E-state index in [0.717, 1.165) is 51.0 Å². The third-order valence-electron chi connectivity index (χ3n) is 3.98. The van der Waals surface area contributed by atoms with Gasteiger partial charge < -0.3 is 0 Å². The average molecular weight is 415 g/mol. The Bertz CT molecular complexity index is 1050. The van der Waals surface area contributed by atoms with Crippen LogP contribution in [0.25, 0.3) is 21.5 Å². The molecule has 6 heteroatoms. The second kappa shape index (κ2) is 7.96. The summed E-state index contributed by atoms with van der Waals surface area (Å²) in [5.74, 6) is 0. The van der Waals surface area contributed by atoms with Gasteiger partial charge in [-0.15, -0.1) is 0 Å². The molecule has 0 fully saturated rings. The summed E-state index contributed by atoms with van der Waals surface area (Å²) < 4.78 is 25.1. The van der Waals surface area contributed by atoms with Crippen LogP contribution in [0.15, 0.2) is 94.7 Å². The van der Waals surface area contributed by atoms with Crippen LogP contribution in [0.5, 0.6) is 0 Å². The molecule has 0 aliphatic heterocycles. The molecular formula is C20H14O2S4. The van der Waals surface area contributed by atoms with Crippen molar-refractivity contribution in [2.24, 2.45) is 0 Å². The van der Waals surface area contributed by atoms with Gasteiger partial charge in [-0.1, -0.05) is 60.7 Å². The molecule has 0 amide bonds. The van der Waals surface area contributed by atoms with E-state index >= 15 is 0 Å². The third kappa shape index (κ3) is 3.88. The van der Waals surface area contributed by atoms with E-state index in [1.807, 2.05) is 84.9 Å². The summed E-state index contributed by atoms with van der Waals surface area (Å²) in [7, 11) is -0.278. The number of fused-ring (bicyclic) bond motifs is 2. The van der Waals surface area contributed by atoms with Crippen molar-refractivity contribution in [3.63, 3.8) is 0 Å². The first-order valence-electron chi connectivity index (χ1n) is 7.87. The lowest BCUT2D eigenvalue weighted by molar-refractivity contribution is 0.691. The maximum absolute atomic E-state index is 12.6. The van der Waals surface area contributed by atoms with Gasteiger partial charge in [-0.2, -0.15) is 0 Å². The summed E-state index contributed by atoms with van der Waals surface area (Å²) in [6.45, 7) is 0. The molecule has 0 bridgehead atoms. The Morgan fingerprint density at radius 1 is 0.500 bits per heavy atom. The zero-order chi connectivity index (χ0) is 17.9. The molecule has 4 rings (SSSR count). The second-order valence-electron chi connectivity index (χ2n) is 5.62. The molecule has 4 aromatic carbocycles. The molecule has 130 valence electrons. The number of benzene rings is 4. The van der Waals surface area contributed by atoms with Crippen LogP contribution < -0.4 is 0 Å². The molecular weight excluding hydrogens is 400 g/mol. The van der Waals surface area contributed by atoms with Gasteiger partial charge in [0.05, 0.1) is 9.79 Å². The first kappa shape index (κ1) is 17.8. The highest BCUT2D eigenvalue weighted by Crippen LogP contribution is 2.37. The molecule has 0 aliphatic rings. The lowest BCUT2D eigenvalue weighted by Gasteiger charge is -2.05. The molecule has 4 aromatic rings. The van der Waals surface area contributed by atoms with Crippen molar-refractivity contribution in [2.75, 3.05) is 0 Å². The lowest BCUT2D eigenvalue weighted by atomic mass is 10.1. The Morgan fingerprint density at radius 2 is 0.885 bits per heavy atom. The van der Waals surface area contributed by atoms with E-state index in [-0.39, 0.29) is 0 Å². The van der Waals surface area contributed by atoms with Crippen molar-refractivity contribution < 1.29 is 8.42 Å². The van der Waals surface area contributed by atoms with Crippen LogP contribution in [0.1, 0.15) is 0 Å². The van der Waals surface area contributed by atoms with Crippen LogP contribution in [-0.2, 0) is 19.7 Å². The topological polar surface area (TPSA) is 34.1 Å². The predicted molar refractivity (Wildman–Crippen MR) is 116 cm³/mol. The highest BCUT2D eigenvalue weighted by atomic mass is 33.7. The number of rotatable bonds is 5. The Hall–Kier alpha value is -1.60. The van der Waals surface area contributed by atoms with E-state index in [2.05, 4.69) is 0 Å². The van der Waals surface area contributed by atoms with E-state index in [9.17, 15) is 8.42 Å². The van der Waals surface area contributed by atoms with Gasteiger partial charge in [0.1, 0.15) is 19.7 Å². The van der Waals surface area contributed by atoms with Gasteiger partial charge >= 0.3 is 0 Å². The second-order valence-corrected chi connectivity index (χ2v) is 12.9. The Kier molecular flexibility index (Phi) is 5.45. The van der Waals surface area contributed by atoms with E-state index in [1.54, 1.807) is 0 Å². The first-order chi connectivity index (χ1) is 12.7. The minimum atomic E-state index is -1.27. The zero-order valence-electron chi connectivity index (χ0n) is 13.5. The number of hydrogen-bond donors (Lipinski definition) is 0. The molecule has 0 heterocycles. The van der Waals surface area contributed by atoms with Crippen molar-refractivity contribution >= 4 is 60.9 Å². The van der Waals surface area contributed by atoms with Gasteiger partial charge in [0.25, 0.3) is 0 Å². The smallest absolute Gasteiger partial charge is 0.124 e. The van der Waals surface area contributed by atoms with Gasteiger partial charge in [-0.3, -0.25) is 0 Å². The first-order valence-corrected chi connectivity index (χ1v) is 13.4. The quantitative estimate of drug-likeness (QED) is 0.368. The van der Waals surface area contributed by atoms with Crippen molar-refractivity contribution in [3.8, 4) is 0 Å². The van der Waals surface area contributed by atoms with Gasteiger partial charge in [-0.05, 0) is 45.8 Å². The highest BCUT2D eigenvalue weighted by Gasteiger charge is 2.12. The predicted octanol–water partition coefficient (Wildman–Crippen LogP) is 6.12. The normalized spacial score (nSPS) is 13.7. The minimum absolute atomic E-state index is 0.733. The fourth-order valence-electron chi connectivity index (χ4n) is 2.67. The van der Waals surface area contributed by atoms with E-state index in [4.69, 9.17) is 0 Å². The standard InChI is InChI=1S/C20H14O2S4/c21-25(19-11-9-15-5-1-3-7-17(15)13-19)23-24-26(22)20-12-10-16-6-2-4-8-18(16)14-20/h1-14H. The van der Waals surface area contributed by atoms with Crippen molar-refractivity contribution in [1.29, 1.82) is 0 Å². The van der Waals surface area contributed by atoms with Crippen LogP contribution in [0.3, 0.4) is 0 Å². The van der Waals surface area contributed by atoms with Crippen molar-refractivity contribution in [2.45, 2.75) is 9.79 Å². The van der Waals surface area contributed by atoms with Gasteiger partial charge in [0.15, 0.2) is 0 Å². The Labute approximate surface area is 163 Å². The molecule has 26 heavy (non-hydrogen) atoms. The molecule has 0 saturated heterocycles. The lowest BCUT2D eigenvalue weighted by Crippen LogP contribution is -1.87. The largest absolute Gasteiger partial charge is 0.242 e. The maximum atomic E-state index is 12.6. The van der Waals surface area contributed by atoms with E-state index < -0.39 is 19.7 Å². The van der Waals surface area contributed by atoms with Gasteiger partial charge in [0, 0.05) is 19.7 Å². The molecule has 0 aliphatic carbocycles. The van der Waals surface area contributed by atoms with Crippen LogP contribution in [0.2, 0.25) is 0 Å². The summed E-state index contributed by atoms with van der Waals surface area (Å²) in [4.78, 5) is 1.47. The molecule has 2 nitrogen and oxygen atoms in total. The summed E-state index contributed by atoms with van der Waals surface area (Å²) in [5.41, 5.74) is 0. The van der Waals surface area contributed by atoms with Gasteiger partial charge in [0.2, 0.25) is 0 Å². The van der Waals surface area contributed by atoms with Crippen LogP contribution in [0, 0.1) is 0 Å². The fraction of sp³-hybridized carbons (Fsp3) is 0. The monoisotopic (exact) mass is 414 g/mol. The molecule has 0 aromatic heterocycles. The van der Waals surface area contributed by atoms with Crippen LogP contribution in [-0.4, -0.2) is 8.42 Å². The maximum Gasteiger partial charge on any atom is 0.124 e. The zero-order valence-corrected chi connectivity index (χ0v) is 16.8. The Balaban J connectivity index is 1.47.